The van der Waals surface area contributed by atoms with Gasteiger partial charge in [0.25, 0.3) is 0 Å². The summed E-state index contributed by atoms with van der Waals surface area (Å²) >= 11 is 0. The molecule has 0 saturated carbocycles. The zero-order chi connectivity index (χ0) is 16.3. The molecule has 1 amide bonds. The fourth-order valence-corrected chi connectivity index (χ4v) is 3.93. The number of nitrogens with zero attached hydrogens (tertiary/aromatic N) is 1. The van der Waals surface area contributed by atoms with Gasteiger partial charge in [0.1, 0.15) is 5.54 Å². The van der Waals surface area contributed by atoms with Crippen LogP contribution in [-0.4, -0.2) is 49.1 Å². The van der Waals surface area contributed by atoms with Gasteiger partial charge >= 0.3 is 5.97 Å². The summed E-state index contributed by atoms with van der Waals surface area (Å²) in [6.07, 6.45) is 4.92. The van der Waals surface area contributed by atoms with Crippen molar-refractivity contribution in [2.45, 2.75) is 37.6 Å². The lowest BCUT2D eigenvalue weighted by molar-refractivity contribution is -0.130. The van der Waals surface area contributed by atoms with Gasteiger partial charge in [-0.15, -0.1) is 0 Å². The van der Waals surface area contributed by atoms with E-state index in [1.54, 1.807) is 6.07 Å². The summed E-state index contributed by atoms with van der Waals surface area (Å²) < 4.78 is 4.73. The largest absolute Gasteiger partial charge is 0.465 e. The van der Waals surface area contributed by atoms with E-state index in [4.69, 9.17) is 4.74 Å². The van der Waals surface area contributed by atoms with E-state index in [2.05, 4.69) is 10.2 Å². The molecule has 0 aliphatic carbocycles. The summed E-state index contributed by atoms with van der Waals surface area (Å²) in [6, 6.07) is 7.38. The van der Waals surface area contributed by atoms with E-state index in [-0.39, 0.29) is 17.4 Å². The van der Waals surface area contributed by atoms with Gasteiger partial charge in [0.2, 0.25) is 5.91 Å². The first-order valence-corrected chi connectivity index (χ1v) is 8.36. The highest BCUT2D eigenvalue weighted by molar-refractivity contribution is 5.89. The molecule has 1 aromatic rings. The standard InChI is InChI=1S/C18H24N2O3/c1-23-16(21)15-6-2-5-14(13-15)7-10-19-17(22)18-8-3-11-20(18)12-4-9-18/h2,5-6,13H,3-4,7-12H2,1H3,(H,19,22). The van der Waals surface area contributed by atoms with Crippen molar-refractivity contribution in [1.82, 2.24) is 10.2 Å². The molecule has 1 aromatic carbocycles. The highest BCUT2D eigenvalue weighted by Gasteiger charge is 2.49. The van der Waals surface area contributed by atoms with Crippen molar-refractivity contribution in [1.29, 1.82) is 0 Å². The summed E-state index contributed by atoms with van der Waals surface area (Å²) in [7, 11) is 1.38. The van der Waals surface area contributed by atoms with Gasteiger partial charge in [-0.05, 0) is 62.9 Å². The first kappa shape index (κ1) is 16.0. The van der Waals surface area contributed by atoms with Crippen molar-refractivity contribution in [3.63, 3.8) is 0 Å². The minimum absolute atomic E-state index is 0.177. The molecule has 0 unspecified atom stereocenters. The number of carbonyl (C=O) groups excluding carboxylic acids is 2. The maximum atomic E-state index is 12.6. The summed E-state index contributed by atoms with van der Waals surface area (Å²) in [4.78, 5) is 26.5. The number of rotatable bonds is 5. The molecule has 0 bridgehead atoms. The second-order valence-electron chi connectivity index (χ2n) is 6.42. The Balaban J connectivity index is 1.55. The molecule has 2 aliphatic rings. The summed E-state index contributed by atoms with van der Waals surface area (Å²) in [5.41, 5.74) is 1.33. The first-order valence-electron chi connectivity index (χ1n) is 8.36. The van der Waals surface area contributed by atoms with Crippen LogP contribution in [0.4, 0.5) is 0 Å². The van der Waals surface area contributed by atoms with E-state index in [9.17, 15) is 9.59 Å². The molecule has 124 valence electrons. The van der Waals surface area contributed by atoms with Gasteiger partial charge in [-0.1, -0.05) is 12.1 Å². The minimum Gasteiger partial charge on any atom is -0.465 e. The third kappa shape index (κ3) is 3.11. The highest BCUT2D eigenvalue weighted by Crippen LogP contribution is 2.38. The van der Waals surface area contributed by atoms with Crippen LogP contribution in [0.5, 0.6) is 0 Å². The van der Waals surface area contributed by atoms with E-state index >= 15 is 0 Å². The van der Waals surface area contributed by atoms with Crippen molar-refractivity contribution in [3.05, 3.63) is 35.4 Å². The van der Waals surface area contributed by atoms with Gasteiger partial charge in [0.15, 0.2) is 0 Å². The molecule has 0 atom stereocenters. The zero-order valence-electron chi connectivity index (χ0n) is 13.6. The van der Waals surface area contributed by atoms with Crippen molar-refractivity contribution in [2.24, 2.45) is 0 Å². The number of esters is 1. The van der Waals surface area contributed by atoms with Crippen LogP contribution < -0.4 is 5.32 Å². The van der Waals surface area contributed by atoms with Crippen LogP contribution in [0.2, 0.25) is 0 Å². The Morgan fingerprint density at radius 2 is 2.00 bits per heavy atom. The lowest BCUT2D eigenvalue weighted by Crippen LogP contribution is -2.52. The topological polar surface area (TPSA) is 58.6 Å². The van der Waals surface area contributed by atoms with Crippen molar-refractivity contribution in [3.8, 4) is 0 Å². The van der Waals surface area contributed by atoms with E-state index < -0.39 is 0 Å². The SMILES string of the molecule is COC(=O)c1cccc(CCNC(=O)C23CCCN2CCC3)c1. The maximum Gasteiger partial charge on any atom is 0.337 e. The molecule has 0 spiro atoms. The van der Waals surface area contributed by atoms with Crippen LogP contribution in [0.25, 0.3) is 0 Å². The Hall–Kier alpha value is -1.88. The quantitative estimate of drug-likeness (QED) is 0.841. The average Bonchev–Trinajstić information content (AvgIpc) is 3.15. The van der Waals surface area contributed by atoms with Crippen LogP contribution >= 0.6 is 0 Å². The molecule has 23 heavy (non-hydrogen) atoms. The predicted octanol–water partition coefficient (Wildman–Crippen LogP) is 1.76. The molecule has 5 nitrogen and oxygen atoms in total. The highest BCUT2D eigenvalue weighted by atomic mass is 16.5. The Bertz CT molecular complexity index is 590. The van der Waals surface area contributed by atoms with E-state index in [1.165, 1.54) is 7.11 Å². The smallest absolute Gasteiger partial charge is 0.337 e. The van der Waals surface area contributed by atoms with Crippen molar-refractivity contribution in [2.75, 3.05) is 26.7 Å². The van der Waals surface area contributed by atoms with Gasteiger partial charge in [-0.2, -0.15) is 0 Å². The third-order valence-electron chi connectivity index (χ3n) is 5.11. The summed E-state index contributed by atoms with van der Waals surface area (Å²) in [6.45, 7) is 2.70. The van der Waals surface area contributed by atoms with Crippen LogP contribution in [0.3, 0.4) is 0 Å². The lowest BCUT2D eigenvalue weighted by atomic mass is 9.93. The number of nitrogens with one attached hydrogen (secondary N) is 1. The fourth-order valence-electron chi connectivity index (χ4n) is 3.93. The molecule has 0 aromatic heterocycles. The van der Waals surface area contributed by atoms with Gasteiger partial charge in [-0.25, -0.2) is 4.79 Å². The lowest BCUT2D eigenvalue weighted by Gasteiger charge is -2.30. The molecule has 1 N–H and O–H groups in total. The molecule has 2 saturated heterocycles. The van der Waals surface area contributed by atoms with Gasteiger partial charge in [0, 0.05) is 6.54 Å². The van der Waals surface area contributed by atoms with E-state index in [0.29, 0.717) is 18.5 Å². The van der Waals surface area contributed by atoms with Crippen molar-refractivity contribution < 1.29 is 14.3 Å². The summed E-state index contributed by atoms with van der Waals surface area (Å²) in [5.74, 6) is -0.154. The normalized spacial score (nSPS) is 19.3. The Labute approximate surface area is 137 Å². The molecular weight excluding hydrogens is 292 g/mol. The number of hydrogen-bond acceptors (Lipinski definition) is 4. The van der Waals surface area contributed by atoms with Crippen LogP contribution in [0, 0.1) is 0 Å². The number of carbonyl (C=O) groups is 2. The number of amides is 1. The van der Waals surface area contributed by atoms with Crippen LogP contribution in [0.15, 0.2) is 24.3 Å². The minimum atomic E-state index is -0.331. The number of methoxy groups -OCH3 is 1. The second-order valence-corrected chi connectivity index (χ2v) is 6.42. The van der Waals surface area contributed by atoms with Crippen LogP contribution in [0.1, 0.15) is 41.6 Å². The maximum absolute atomic E-state index is 12.6. The van der Waals surface area contributed by atoms with Gasteiger partial charge < -0.3 is 10.1 Å². The van der Waals surface area contributed by atoms with E-state index in [1.807, 2.05) is 18.2 Å². The molecule has 5 heteroatoms. The monoisotopic (exact) mass is 316 g/mol. The third-order valence-corrected chi connectivity index (χ3v) is 5.11. The Morgan fingerprint density at radius 3 is 2.70 bits per heavy atom. The average molecular weight is 316 g/mol. The molecule has 0 radical (unpaired) electrons. The Morgan fingerprint density at radius 1 is 1.26 bits per heavy atom. The second kappa shape index (κ2) is 6.71. The summed E-state index contributed by atoms with van der Waals surface area (Å²) in [5, 5.41) is 3.10. The molecule has 2 aliphatic heterocycles. The van der Waals surface area contributed by atoms with Crippen molar-refractivity contribution >= 4 is 11.9 Å². The number of ether oxygens (including phenoxy) is 1. The van der Waals surface area contributed by atoms with Gasteiger partial charge in [-0.3, -0.25) is 9.69 Å². The number of hydrogen-bond donors (Lipinski definition) is 1. The Kier molecular flexibility index (Phi) is 4.66. The molecule has 3 rings (SSSR count). The van der Waals surface area contributed by atoms with Gasteiger partial charge in [0.05, 0.1) is 12.7 Å². The first-order chi connectivity index (χ1) is 11.2. The molecule has 2 fully saturated rings. The molecule has 2 heterocycles. The fraction of sp³-hybridized carbons (Fsp3) is 0.556. The van der Waals surface area contributed by atoms with E-state index in [0.717, 1.165) is 44.3 Å². The molecular formula is C18H24N2O3. The number of fused-ring (bicyclic) bond motifs is 1. The predicted molar refractivity (Wildman–Crippen MR) is 87.3 cm³/mol. The van der Waals surface area contributed by atoms with Crippen LogP contribution in [-0.2, 0) is 16.0 Å². The zero-order valence-corrected chi connectivity index (χ0v) is 13.6. The number of benzene rings is 1.